The molecule has 0 spiro atoms. The molecule has 1 aliphatic rings. The standard InChI is InChI=1S/C8H8BrFN2/c9-6-1-7(5-2-11-3-5)8(10)12-4-6/h1,4-5,11H,2-3H2. The van der Waals surface area contributed by atoms with Crippen LogP contribution >= 0.6 is 15.9 Å². The van der Waals surface area contributed by atoms with Gasteiger partial charge in [-0.1, -0.05) is 0 Å². The summed E-state index contributed by atoms with van der Waals surface area (Å²) in [5, 5.41) is 3.10. The fourth-order valence-corrected chi connectivity index (χ4v) is 1.58. The van der Waals surface area contributed by atoms with E-state index in [4.69, 9.17) is 0 Å². The van der Waals surface area contributed by atoms with Gasteiger partial charge in [-0.2, -0.15) is 4.39 Å². The Morgan fingerprint density at radius 2 is 2.33 bits per heavy atom. The molecule has 0 radical (unpaired) electrons. The summed E-state index contributed by atoms with van der Waals surface area (Å²) < 4.78 is 13.9. The van der Waals surface area contributed by atoms with Crippen molar-refractivity contribution in [1.82, 2.24) is 10.3 Å². The molecule has 2 heterocycles. The average molecular weight is 231 g/mol. The Morgan fingerprint density at radius 3 is 2.92 bits per heavy atom. The fourth-order valence-electron chi connectivity index (χ4n) is 1.23. The molecule has 4 heteroatoms. The van der Waals surface area contributed by atoms with Crippen molar-refractivity contribution >= 4 is 15.9 Å². The number of nitrogens with one attached hydrogen (secondary N) is 1. The predicted molar refractivity (Wildman–Crippen MR) is 47.5 cm³/mol. The van der Waals surface area contributed by atoms with E-state index < -0.39 is 0 Å². The maximum Gasteiger partial charge on any atom is 0.216 e. The monoisotopic (exact) mass is 230 g/mol. The summed E-state index contributed by atoms with van der Waals surface area (Å²) in [7, 11) is 0. The van der Waals surface area contributed by atoms with Crippen molar-refractivity contribution in [2.75, 3.05) is 13.1 Å². The van der Waals surface area contributed by atoms with Gasteiger partial charge in [-0.05, 0) is 22.0 Å². The van der Waals surface area contributed by atoms with Gasteiger partial charge in [0.1, 0.15) is 0 Å². The van der Waals surface area contributed by atoms with Crippen LogP contribution in [0.2, 0.25) is 0 Å². The highest BCUT2D eigenvalue weighted by Gasteiger charge is 2.22. The van der Waals surface area contributed by atoms with Gasteiger partial charge in [0.05, 0.1) is 0 Å². The SMILES string of the molecule is Fc1ncc(Br)cc1C1CNC1. The van der Waals surface area contributed by atoms with E-state index in [0.717, 1.165) is 17.6 Å². The molecular weight excluding hydrogens is 223 g/mol. The van der Waals surface area contributed by atoms with Crippen LogP contribution in [0.5, 0.6) is 0 Å². The molecular formula is C8H8BrFN2. The first-order valence-electron chi connectivity index (χ1n) is 3.79. The van der Waals surface area contributed by atoms with Crippen molar-refractivity contribution < 1.29 is 4.39 Å². The second-order valence-corrected chi connectivity index (χ2v) is 3.80. The lowest BCUT2D eigenvalue weighted by atomic mass is 9.95. The van der Waals surface area contributed by atoms with E-state index in [1.165, 1.54) is 6.20 Å². The third-order valence-corrected chi connectivity index (χ3v) is 2.49. The predicted octanol–water partition coefficient (Wildman–Crippen LogP) is 1.67. The topological polar surface area (TPSA) is 24.9 Å². The van der Waals surface area contributed by atoms with Crippen molar-refractivity contribution in [3.8, 4) is 0 Å². The van der Waals surface area contributed by atoms with Crippen LogP contribution in [-0.4, -0.2) is 18.1 Å². The first-order valence-corrected chi connectivity index (χ1v) is 4.58. The summed E-state index contributed by atoms with van der Waals surface area (Å²) in [6, 6.07) is 1.80. The van der Waals surface area contributed by atoms with Crippen LogP contribution in [0.15, 0.2) is 16.7 Å². The van der Waals surface area contributed by atoms with Crippen molar-refractivity contribution in [2.24, 2.45) is 0 Å². The van der Waals surface area contributed by atoms with E-state index in [0.29, 0.717) is 11.5 Å². The van der Waals surface area contributed by atoms with Gasteiger partial charge in [-0.15, -0.1) is 0 Å². The van der Waals surface area contributed by atoms with Crippen LogP contribution in [0.3, 0.4) is 0 Å². The van der Waals surface area contributed by atoms with E-state index in [1.54, 1.807) is 6.07 Å². The van der Waals surface area contributed by atoms with Crippen LogP contribution in [0.4, 0.5) is 4.39 Å². The largest absolute Gasteiger partial charge is 0.315 e. The lowest BCUT2D eigenvalue weighted by Gasteiger charge is -2.27. The molecule has 0 saturated carbocycles. The molecule has 1 N–H and O–H groups in total. The number of halogens is 2. The Balaban J connectivity index is 2.34. The summed E-state index contributed by atoms with van der Waals surface area (Å²) in [5.41, 5.74) is 0.711. The van der Waals surface area contributed by atoms with Crippen molar-refractivity contribution in [1.29, 1.82) is 0 Å². The van der Waals surface area contributed by atoms with Crippen molar-refractivity contribution in [3.05, 3.63) is 28.2 Å². The molecule has 1 aromatic heterocycles. The second kappa shape index (κ2) is 3.11. The zero-order chi connectivity index (χ0) is 8.55. The molecule has 1 aliphatic heterocycles. The van der Waals surface area contributed by atoms with Crippen LogP contribution < -0.4 is 5.32 Å². The van der Waals surface area contributed by atoms with Gasteiger partial charge >= 0.3 is 0 Å². The molecule has 2 nitrogen and oxygen atoms in total. The molecule has 1 saturated heterocycles. The third-order valence-electron chi connectivity index (χ3n) is 2.05. The van der Waals surface area contributed by atoms with E-state index in [9.17, 15) is 4.39 Å². The Kier molecular flexibility index (Phi) is 2.11. The Hall–Kier alpha value is -0.480. The molecule has 0 amide bonds. The number of aromatic nitrogens is 1. The minimum absolute atomic E-state index is 0.301. The van der Waals surface area contributed by atoms with Gasteiger partial charge in [0, 0.05) is 35.2 Å². The first-order chi connectivity index (χ1) is 5.77. The molecule has 0 aliphatic carbocycles. The van der Waals surface area contributed by atoms with Crippen LogP contribution in [-0.2, 0) is 0 Å². The number of nitrogens with zero attached hydrogens (tertiary/aromatic N) is 1. The maximum absolute atomic E-state index is 13.1. The summed E-state index contributed by atoms with van der Waals surface area (Å²) >= 11 is 3.27. The smallest absolute Gasteiger partial charge is 0.216 e. The van der Waals surface area contributed by atoms with Gasteiger partial charge in [0.2, 0.25) is 5.95 Å². The molecule has 64 valence electrons. The van der Waals surface area contributed by atoms with Crippen molar-refractivity contribution in [2.45, 2.75) is 5.92 Å². The Labute approximate surface area is 78.3 Å². The molecule has 12 heavy (non-hydrogen) atoms. The molecule has 1 fully saturated rings. The van der Waals surface area contributed by atoms with Gasteiger partial charge < -0.3 is 5.32 Å². The minimum Gasteiger partial charge on any atom is -0.315 e. The van der Waals surface area contributed by atoms with E-state index in [1.807, 2.05) is 0 Å². The summed E-state index contributed by atoms with van der Waals surface area (Å²) in [6.45, 7) is 1.71. The van der Waals surface area contributed by atoms with Crippen LogP contribution in [0.25, 0.3) is 0 Å². The molecule has 1 aromatic rings. The third kappa shape index (κ3) is 1.36. The summed E-state index contributed by atoms with van der Waals surface area (Å²) in [6.07, 6.45) is 1.48. The number of pyridine rings is 1. The van der Waals surface area contributed by atoms with Crippen LogP contribution in [0.1, 0.15) is 11.5 Å². The second-order valence-electron chi connectivity index (χ2n) is 2.89. The van der Waals surface area contributed by atoms with Gasteiger partial charge in [-0.3, -0.25) is 0 Å². The quantitative estimate of drug-likeness (QED) is 0.743. The number of hydrogen-bond donors (Lipinski definition) is 1. The summed E-state index contributed by atoms with van der Waals surface area (Å²) in [4.78, 5) is 3.64. The van der Waals surface area contributed by atoms with Crippen LogP contribution in [0, 0.1) is 5.95 Å². The molecule has 0 aromatic carbocycles. The number of rotatable bonds is 1. The summed E-state index contributed by atoms with van der Waals surface area (Å²) in [5.74, 6) is -0.0419. The normalized spacial score (nSPS) is 17.5. The van der Waals surface area contributed by atoms with Gasteiger partial charge in [0.15, 0.2) is 0 Å². The Bertz CT molecular complexity index is 299. The maximum atomic E-state index is 13.1. The molecule has 0 unspecified atom stereocenters. The first kappa shape index (κ1) is 8.13. The van der Waals surface area contributed by atoms with E-state index >= 15 is 0 Å². The zero-order valence-corrected chi connectivity index (χ0v) is 7.94. The van der Waals surface area contributed by atoms with Gasteiger partial charge in [-0.25, -0.2) is 4.98 Å². The molecule has 0 bridgehead atoms. The van der Waals surface area contributed by atoms with Gasteiger partial charge in [0.25, 0.3) is 0 Å². The number of hydrogen-bond acceptors (Lipinski definition) is 2. The Morgan fingerprint density at radius 1 is 1.58 bits per heavy atom. The average Bonchev–Trinajstić information content (AvgIpc) is 1.93. The lowest BCUT2D eigenvalue weighted by Crippen LogP contribution is -2.40. The highest BCUT2D eigenvalue weighted by atomic mass is 79.9. The van der Waals surface area contributed by atoms with Crippen molar-refractivity contribution in [3.63, 3.8) is 0 Å². The molecule has 0 atom stereocenters. The highest BCUT2D eigenvalue weighted by molar-refractivity contribution is 9.10. The highest BCUT2D eigenvalue weighted by Crippen LogP contribution is 2.24. The van der Waals surface area contributed by atoms with E-state index in [2.05, 4.69) is 26.2 Å². The minimum atomic E-state index is -0.343. The lowest BCUT2D eigenvalue weighted by molar-refractivity contribution is 0.424. The molecule has 2 rings (SSSR count). The fraction of sp³-hybridized carbons (Fsp3) is 0.375. The van der Waals surface area contributed by atoms with E-state index in [-0.39, 0.29) is 5.95 Å². The zero-order valence-electron chi connectivity index (χ0n) is 6.35.